The number of para-hydroxylation sites is 1. The van der Waals surface area contributed by atoms with Crippen LogP contribution in [0, 0.1) is 5.92 Å². The number of carbonyl (C=O) groups is 1. The minimum atomic E-state index is 0.164. The SMILES string of the molecule is COc1ccc(CCN(CC(C)C)C(=O)CCc2ccccc2N)cc1OC. The van der Waals surface area contributed by atoms with Gasteiger partial charge >= 0.3 is 0 Å². The molecule has 0 heterocycles. The first-order valence-electron chi connectivity index (χ1n) is 9.76. The number of hydrogen-bond acceptors (Lipinski definition) is 4. The summed E-state index contributed by atoms with van der Waals surface area (Å²) in [5.74, 6) is 2.00. The number of anilines is 1. The number of carbonyl (C=O) groups excluding carboxylic acids is 1. The van der Waals surface area contributed by atoms with E-state index in [1.54, 1.807) is 14.2 Å². The Morgan fingerprint density at radius 1 is 1.04 bits per heavy atom. The van der Waals surface area contributed by atoms with E-state index in [9.17, 15) is 4.79 Å². The molecule has 5 nitrogen and oxygen atoms in total. The zero-order chi connectivity index (χ0) is 20.5. The van der Waals surface area contributed by atoms with Crippen LogP contribution in [0.2, 0.25) is 0 Å². The molecule has 0 aliphatic heterocycles. The first-order valence-corrected chi connectivity index (χ1v) is 9.76. The monoisotopic (exact) mass is 384 g/mol. The third-order valence-corrected chi connectivity index (χ3v) is 4.72. The van der Waals surface area contributed by atoms with Gasteiger partial charge in [0.15, 0.2) is 11.5 Å². The van der Waals surface area contributed by atoms with E-state index in [0.717, 1.165) is 29.8 Å². The molecule has 0 atom stereocenters. The molecular weight excluding hydrogens is 352 g/mol. The van der Waals surface area contributed by atoms with Crippen LogP contribution in [0.25, 0.3) is 0 Å². The molecule has 2 aromatic carbocycles. The summed E-state index contributed by atoms with van der Waals surface area (Å²) in [6, 6.07) is 13.6. The Morgan fingerprint density at radius 3 is 2.39 bits per heavy atom. The van der Waals surface area contributed by atoms with Gasteiger partial charge in [0.25, 0.3) is 0 Å². The molecule has 2 rings (SSSR count). The van der Waals surface area contributed by atoms with Crippen LogP contribution in [0.4, 0.5) is 5.69 Å². The minimum Gasteiger partial charge on any atom is -0.493 e. The number of hydrogen-bond donors (Lipinski definition) is 1. The van der Waals surface area contributed by atoms with Crippen molar-refractivity contribution in [2.24, 2.45) is 5.92 Å². The van der Waals surface area contributed by atoms with Crippen LogP contribution >= 0.6 is 0 Å². The smallest absolute Gasteiger partial charge is 0.222 e. The normalized spacial score (nSPS) is 10.8. The van der Waals surface area contributed by atoms with Gasteiger partial charge in [-0.25, -0.2) is 0 Å². The second-order valence-corrected chi connectivity index (χ2v) is 7.37. The molecule has 0 saturated carbocycles. The molecule has 2 N–H and O–H groups in total. The second kappa shape index (κ2) is 10.6. The van der Waals surface area contributed by atoms with Gasteiger partial charge in [-0.1, -0.05) is 38.1 Å². The summed E-state index contributed by atoms with van der Waals surface area (Å²) in [7, 11) is 3.26. The summed E-state index contributed by atoms with van der Waals surface area (Å²) in [6.07, 6.45) is 1.90. The fraction of sp³-hybridized carbons (Fsp3) is 0.435. The summed E-state index contributed by atoms with van der Waals surface area (Å²) in [6.45, 7) is 5.69. The van der Waals surface area contributed by atoms with E-state index in [0.29, 0.717) is 36.8 Å². The average molecular weight is 385 g/mol. The first kappa shape index (κ1) is 21.6. The number of benzene rings is 2. The molecule has 28 heavy (non-hydrogen) atoms. The molecule has 0 aromatic heterocycles. The van der Waals surface area contributed by atoms with Crippen LogP contribution in [0.5, 0.6) is 11.5 Å². The Labute approximate surface area is 168 Å². The predicted octanol–water partition coefficient (Wildman–Crippen LogP) is 3.95. The lowest BCUT2D eigenvalue weighted by Crippen LogP contribution is -2.36. The van der Waals surface area contributed by atoms with E-state index in [-0.39, 0.29) is 5.91 Å². The first-order chi connectivity index (χ1) is 13.4. The van der Waals surface area contributed by atoms with Gasteiger partial charge in [0, 0.05) is 25.2 Å². The fourth-order valence-corrected chi connectivity index (χ4v) is 3.22. The number of aryl methyl sites for hydroxylation is 1. The minimum absolute atomic E-state index is 0.164. The summed E-state index contributed by atoms with van der Waals surface area (Å²) in [5, 5.41) is 0. The van der Waals surface area contributed by atoms with Crippen molar-refractivity contribution in [3.05, 3.63) is 53.6 Å². The van der Waals surface area contributed by atoms with E-state index in [1.807, 2.05) is 47.4 Å². The van der Waals surface area contributed by atoms with Crippen molar-refractivity contribution in [3.63, 3.8) is 0 Å². The molecule has 152 valence electrons. The number of rotatable bonds is 10. The predicted molar refractivity (Wildman–Crippen MR) is 114 cm³/mol. The molecule has 0 spiro atoms. The van der Waals surface area contributed by atoms with Crippen molar-refractivity contribution in [3.8, 4) is 11.5 Å². The highest BCUT2D eigenvalue weighted by Gasteiger charge is 2.16. The average Bonchev–Trinajstić information content (AvgIpc) is 2.69. The lowest BCUT2D eigenvalue weighted by Gasteiger charge is -2.25. The van der Waals surface area contributed by atoms with Crippen molar-refractivity contribution in [1.82, 2.24) is 4.90 Å². The fourth-order valence-electron chi connectivity index (χ4n) is 3.22. The summed E-state index contributed by atoms with van der Waals surface area (Å²) in [4.78, 5) is 14.8. The number of nitrogens with two attached hydrogens (primary N) is 1. The zero-order valence-corrected chi connectivity index (χ0v) is 17.4. The van der Waals surface area contributed by atoms with E-state index < -0.39 is 0 Å². The molecule has 0 unspecified atom stereocenters. The Balaban J connectivity index is 2.00. The van der Waals surface area contributed by atoms with Crippen molar-refractivity contribution < 1.29 is 14.3 Å². The molecule has 0 radical (unpaired) electrons. The van der Waals surface area contributed by atoms with E-state index in [2.05, 4.69) is 13.8 Å². The van der Waals surface area contributed by atoms with Crippen molar-refractivity contribution >= 4 is 11.6 Å². The van der Waals surface area contributed by atoms with E-state index in [1.165, 1.54) is 0 Å². The molecule has 0 bridgehead atoms. The van der Waals surface area contributed by atoms with Crippen molar-refractivity contribution in [2.45, 2.75) is 33.1 Å². The van der Waals surface area contributed by atoms with Crippen molar-refractivity contribution in [1.29, 1.82) is 0 Å². The standard InChI is InChI=1S/C23H32N2O3/c1-17(2)16-25(23(26)12-10-19-7-5-6-8-20(19)24)14-13-18-9-11-21(27-3)22(15-18)28-4/h5-9,11,15,17H,10,12-14,16,24H2,1-4H3. The summed E-state index contributed by atoms with van der Waals surface area (Å²) < 4.78 is 10.7. The molecule has 0 fully saturated rings. The molecule has 0 aliphatic carbocycles. The zero-order valence-electron chi connectivity index (χ0n) is 17.4. The topological polar surface area (TPSA) is 64.8 Å². The second-order valence-electron chi connectivity index (χ2n) is 7.37. The summed E-state index contributed by atoms with van der Waals surface area (Å²) >= 11 is 0. The Bertz CT molecular complexity index is 774. The Hall–Kier alpha value is -2.69. The van der Waals surface area contributed by atoms with Gasteiger partial charge in [-0.15, -0.1) is 0 Å². The number of nitrogens with zero attached hydrogens (tertiary/aromatic N) is 1. The van der Waals surface area contributed by atoms with E-state index in [4.69, 9.17) is 15.2 Å². The Kier molecular flexibility index (Phi) is 8.18. The maximum absolute atomic E-state index is 12.8. The largest absolute Gasteiger partial charge is 0.493 e. The number of ether oxygens (including phenoxy) is 2. The van der Waals surface area contributed by atoms with E-state index >= 15 is 0 Å². The number of nitrogen functional groups attached to an aromatic ring is 1. The maximum Gasteiger partial charge on any atom is 0.222 e. The van der Waals surface area contributed by atoms with Crippen LogP contribution in [0.15, 0.2) is 42.5 Å². The van der Waals surface area contributed by atoms with Gasteiger partial charge in [0.05, 0.1) is 14.2 Å². The highest BCUT2D eigenvalue weighted by molar-refractivity contribution is 5.76. The van der Waals surface area contributed by atoms with Crippen LogP contribution < -0.4 is 15.2 Å². The number of amides is 1. The molecule has 0 saturated heterocycles. The molecule has 0 aliphatic rings. The van der Waals surface area contributed by atoms with Gasteiger partial charge < -0.3 is 20.1 Å². The highest BCUT2D eigenvalue weighted by atomic mass is 16.5. The third-order valence-electron chi connectivity index (χ3n) is 4.72. The van der Waals surface area contributed by atoms with Crippen LogP contribution in [-0.2, 0) is 17.6 Å². The number of methoxy groups -OCH3 is 2. The quantitative estimate of drug-likeness (QED) is 0.630. The third kappa shape index (κ3) is 6.19. The van der Waals surface area contributed by atoms with Crippen LogP contribution in [0.1, 0.15) is 31.4 Å². The summed E-state index contributed by atoms with van der Waals surface area (Å²) in [5.41, 5.74) is 8.89. The van der Waals surface area contributed by atoms with Gasteiger partial charge in [-0.05, 0) is 48.1 Å². The van der Waals surface area contributed by atoms with Gasteiger partial charge in [0.2, 0.25) is 5.91 Å². The lowest BCUT2D eigenvalue weighted by atomic mass is 10.1. The highest BCUT2D eigenvalue weighted by Crippen LogP contribution is 2.27. The van der Waals surface area contributed by atoms with Gasteiger partial charge in [-0.2, -0.15) is 0 Å². The van der Waals surface area contributed by atoms with Crippen molar-refractivity contribution in [2.75, 3.05) is 33.0 Å². The van der Waals surface area contributed by atoms with Crippen LogP contribution in [0.3, 0.4) is 0 Å². The lowest BCUT2D eigenvalue weighted by molar-refractivity contribution is -0.131. The Morgan fingerprint density at radius 2 is 1.75 bits per heavy atom. The van der Waals surface area contributed by atoms with Gasteiger partial charge in [-0.3, -0.25) is 4.79 Å². The molecular formula is C23H32N2O3. The maximum atomic E-state index is 12.8. The van der Waals surface area contributed by atoms with Crippen LogP contribution in [-0.4, -0.2) is 38.1 Å². The molecule has 2 aromatic rings. The van der Waals surface area contributed by atoms with Gasteiger partial charge in [0.1, 0.15) is 0 Å². The molecule has 1 amide bonds. The molecule has 5 heteroatoms.